The van der Waals surface area contributed by atoms with E-state index in [9.17, 15) is 9.59 Å². The second-order valence-corrected chi connectivity index (χ2v) is 4.76. The fraction of sp³-hybridized carbons (Fsp3) is 0.222. The molecule has 0 amide bonds. The Morgan fingerprint density at radius 3 is 2.29 bits per heavy atom. The summed E-state index contributed by atoms with van der Waals surface area (Å²) in [4.78, 5) is 23.4. The van der Waals surface area contributed by atoms with E-state index < -0.39 is 0 Å². The van der Waals surface area contributed by atoms with Crippen molar-refractivity contribution >= 4 is 11.8 Å². The number of ether oxygens (including phenoxy) is 1. The van der Waals surface area contributed by atoms with Crippen molar-refractivity contribution in [3.8, 4) is 11.1 Å². The summed E-state index contributed by atoms with van der Waals surface area (Å²) in [6.45, 7) is 0. The van der Waals surface area contributed by atoms with Crippen molar-refractivity contribution in [2.45, 2.75) is 19.3 Å². The monoisotopic (exact) mass is 282 g/mol. The number of esters is 1. The number of hydrogen-bond acceptors (Lipinski definition) is 3. The van der Waals surface area contributed by atoms with Crippen LogP contribution in [0.25, 0.3) is 11.1 Å². The highest BCUT2D eigenvalue weighted by Crippen LogP contribution is 2.24. The van der Waals surface area contributed by atoms with Crippen LogP contribution in [0.1, 0.15) is 29.6 Å². The summed E-state index contributed by atoms with van der Waals surface area (Å²) in [6.07, 6.45) is 1.13. The maximum absolute atomic E-state index is 12.4. The lowest BCUT2D eigenvalue weighted by Gasteiger charge is -2.08. The Kier molecular flexibility index (Phi) is 5.27. The van der Waals surface area contributed by atoms with Crippen LogP contribution >= 0.6 is 0 Å². The Bertz CT molecular complexity index is 617. The SMILES string of the molecule is COC(=O)CCCC(=O)c1ccccc1-c1ccccc1. The molecule has 0 saturated heterocycles. The first-order valence-electron chi connectivity index (χ1n) is 6.97. The molecule has 3 heteroatoms. The fourth-order valence-corrected chi connectivity index (χ4v) is 2.23. The molecule has 108 valence electrons. The Morgan fingerprint density at radius 1 is 0.905 bits per heavy atom. The van der Waals surface area contributed by atoms with Crippen LogP contribution in [-0.4, -0.2) is 18.9 Å². The lowest BCUT2D eigenvalue weighted by Crippen LogP contribution is -2.05. The summed E-state index contributed by atoms with van der Waals surface area (Å²) in [6, 6.07) is 17.4. The molecule has 21 heavy (non-hydrogen) atoms. The van der Waals surface area contributed by atoms with Gasteiger partial charge < -0.3 is 4.74 Å². The van der Waals surface area contributed by atoms with E-state index in [-0.39, 0.29) is 18.2 Å². The minimum Gasteiger partial charge on any atom is -0.469 e. The van der Waals surface area contributed by atoms with Crippen LogP contribution in [0, 0.1) is 0 Å². The first-order chi connectivity index (χ1) is 10.2. The van der Waals surface area contributed by atoms with Crippen LogP contribution in [0.2, 0.25) is 0 Å². The van der Waals surface area contributed by atoms with Crippen molar-refractivity contribution in [2.24, 2.45) is 0 Å². The summed E-state index contributed by atoms with van der Waals surface area (Å²) >= 11 is 0. The van der Waals surface area contributed by atoms with Gasteiger partial charge in [0.05, 0.1) is 7.11 Å². The van der Waals surface area contributed by atoms with Crippen molar-refractivity contribution in [1.29, 1.82) is 0 Å². The first kappa shape index (κ1) is 15.0. The largest absolute Gasteiger partial charge is 0.469 e. The second kappa shape index (κ2) is 7.39. The van der Waals surface area contributed by atoms with E-state index in [0.29, 0.717) is 18.4 Å². The molecule has 0 heterocycles. The first-order valence-corrected chi connectivity index (χ1v) is 6.97. The van der Waals surface area contributed by atoms with Crippen molar-refractivity contribution < 1.29 is 14.3 Å². The van der Waals surface area contributed by atoms with Crippen molar-refractivity contribution in [3.05, 3.63) is 60.2 Å². The van der Waals surface area contributed by atoms with Crippen LogP contribution in [0.3, 0.4) is 0 Å². The lowest BCUT2D eigenvalue weighted by molar-refractivity contribution is -0.140. The van der Waals surface area contributed by atoms with E-state index in [0.717, 1.165) is 11.1 Å². The number of rotatable bonds is 6. The summed E-state index contributed by atoms with van der Waals surface area (Å²) in [5.74, 6) is -0.225. The highest BCUT2D eigenvalue weighted by atomic mass is 16.5. The molecule has 0 fully saturated rings. The zero-order valence-electron chi connectivity index (χ0n) is 12.0. The van der Waals surface area contributed by atoms with Gasteiger partial charge in [-0.2, -0.15) is 0 Å². The maximum Gasteiger partial charge on any atom is 0.305 e. The van der Waals surface area contributed by atoms with Gasteiger partial charge in [-0.3, -0.25) is 9.59 Å². The van der Waals surface area contributed by atoms with Crippen LogP contribution in [0.4, 0.5) is 0 Å². The van der Waals surface area contributed by atoms with Crippen molar-refractivity contribution in [2.75, 3.05) is 7.11 Å². The van der Waals surface area contributed by atoms with Crippen LogP contribution in [-0.2, 0) is 9.53 Å². The molecule has 0 unspecified atom stereocenters. The number of ketones is 1. The number of hydrogen-bond donors (Lipinski definition) is 0. The van der Waals surface area contributed by atoms with Crippen LogP contribution < -0.4 is 0 Å². The van der Waals surface area contributed by atoms with Gasteiger partial charge >= 0.3 is 5.97 Å². The standard InChI is InChI=1S/C18H18O3/c1-21-18(20)13-7-12-17(19)16-11-6-5-10-15(16)14-8-3-2-4-9-14/h2-6,8-11H,7,12-13H2,1H3. The predicted molar refractivity (Wildman–Crippen MR) is 82.1 cm³/mol. The molecular formula is C18H18O3. The van der Waals surface area contributed by atoms with E-state index in [1.54, 1.807) is 0 Å². The maximum atomic E-state index is 12.4. The third-order valence-corrected chi connectivity index (χ3v) is 3.32. The van der Waals surface area contributed by atoms with E-state index in [1.165, 1.54) is 7.11 Å². The van der Waals surface area contributed by atoms with E-state index >= 15 is 0 Å². The van der Waals surface area contributed by atoms with E-state index in [4.69, 9.17) is 0 Å². The average molecular weight is 282 g/mol. The van der Waals surface area contributed by atoms with Gasteiger partial charge in [-0.05, 0) is 17.5 Å². The predicted octanol–water partition coefficient (Wildman–Crippen LogP) is 3.88. The number of methoxy groups -OCH3 is 1. The third kappa shape index (κ3) is 4.02. The zero-order valence-corrected chi connectivity index (χ0v) is 12.0. The molecule has 0 aliphatic carbocycles. The highest BCUT2D eigenvalue weighted by molar-refractivity contribution is 6.02. The molecule has 0 atom stereocenters. The van der Waals surface area contributed by atoms with E-state index in [2.05, 4.69) is 4.74 Å². The Morgan fingerprint density at radius 2 is 1.57 bits per heavy atom. The molecule has 2 rings (SSSR count). The number of carbonyl (C=O) groups excluding carboxylic acids is 2. The topological polar surface area (TPSA) is 43.4 Å². The molecule has 0 aromatic heterocycles. The molecular weight excluding hydrogens is 264 g/mol. The molecule has 0 spiro atoms. The minimum absolute atomic E-state index is 0.0540. The van der Waals surface area contributed by atoms with Gasteiger partial charge in [0.1, 0.15) is 0 Å². The Hall–Kier alpha value is -2.42. The summed E-state index contributed by atoms with van der Waals surface area (Å²) in [7, 11) is 1.36. The quantitative estimate of drug-likeness (QED) is 0.596. The Balaban J connectivity index is 2.13. The van der Waals surface area contributed by atoms with Crippen LogP contribution in [0.15, 0.2) is 54.6 Å². The molecule has 2 aromatic carbocycles. The number of benzene rings is 2. The van der Waals surface area contributed by atoms with Gasteiger partial charge in [-0.15, -0.1) is 0 Å². The van der Waals surface area contributed by atoms with Crippen molar-refractivity contribution in [3.63, 3.8) is 0 Å². The van der Waals surface area contributed by atoms with Gasteiger partial charge in [0.15, 0.2) is 5.78 Å². The van der Waals surface area contributed by atoms with E-state index in [1.807, 2.05) is 54.6 Å². The molecule has 0 aliphatic heterocycles. The Labute approximate surface area is 124 Å². The molecule has 0 aliphatic rings. The lowest BCUT2D eigenvalue weighted by atomic mass is 9.95. The second-order valence-electron chi connectivity index (χ2n) is 4.76. The van der Waals surface area contributed by atoms with Crippen molar-refractivity contribution in [1.82, 2.24) is 0 Å². The smallest absolute Gasteiger partial charge is 0.305 e. The fourth-order valence-electron chi connectivity index (χ4n) is 2.23. The summed E-state index contributed by atoms with van der Waals surface area (Å²) < 4.78 is 4.58. The molecule has 0 saturated carbocycles. The van der Waals surface area contributed by atoms with Gasteiger partial charge in [0, 0.05) is 18.4 Å². The summed E-state index contributed by atoms with van der Waals surface area (Å²) in [5, 5.41) is 0. The highest BCUT2D eigenvalue weighted by Gasteiger charge is 2.12. The molecule has 0 radical (unpaired) electrons. The number of Topliss-reactive ketones (excluding diaryl/α,β-unsaturated/α-hetero) is 1. The zero-order chi connectivity index (χ0) is 15.1. The molecule has 2 aromatic rings. The van der Waals surface area contributed by atoms with Gasteiger partial charge in [0.2, 0.25) is 0 Å². The van der Waals surface area contributed by atoms with Gasteiger partial charge in [0.25, 0.3) is 0 Å². The molecule has 0 bridgehead atoms. The molecule has 3 nitrogen and oxygen atoms in total. The van der Waals surface area contributed by atoms with Gasteiger partial charge in [-0.1, -0.05) is 54.6 Å². The summed E-state index contributed by atoms with van der Waals surface area (Å²) in [5.41, 5.74) is 2.66. The average Bonchev–Trinajstić information content (AvgIpc) is 2.55. The molecule has 0 N–H and O–H groups in total. The minimum atomic E-state index is -0.279. The number of carbonyl (C=O) groups is 2. The normalized spacial score (nSPS) is 10.1. The third-order valence-electron chi connectivity index (χ3n) is 3.32. The van der Waals surface area contributed by atoms with Crippen LogP contribution in [0.5, 0.6) is 0 Å². The van der Waals surface area contributed by atoms with Gasteiger partial charge in [-0.25, -0.2) is 0 Å².